The Morgan fingerprint density at radius 1 is 0.733 bits per heavy atom. The minimum Gasteiger partial charge on any atom is -0.483 e. The van der Waals surface area contributed by atoms with Crippen molar-refractivity contribution in [2.45, 2.75) is 110 Å². The highest BCUT2D eigenvalue weighted by molar-refractivity contribution is 7.71. The normalized spacial score (nSPS) is 37.9. The average molecular weight is 639 g/mol. The van der Waals surface area contributed by atoms with Crippen molar-refractivity contribution in [3.05, 3.63) is 34.5 Å². The number of benzene rings is 1. The van der Waals surface area contributed by atoms with Crippen LogP contribution in [-0.4, -0.2) is 46.8 Å². The number of carbonyl (C=O) groups is 4. The van der Waals surface area contributed by atoms with Crippen LogP contribution in [0.2, 0.25) is 0 Å². The molecule has 2 aromatic rings. The van der Waals surface area contributed by atoms with Gasteiger partial charge in [-0.15, -0.1) is 0 Å². The third kappa shape index (κ3) is 3.37. The summed E-state index contributed by atoms with van der Waals surface area (Å²) in [4.78, 5) is 54.8. The van der Waals surface area contributed by atoms with Crippen molar-refractivity contribution in [3.8, 4) is 5.75 Å². The van der Waals surface area contributed by atoms with E-state index in [4.69, 9.17) is 40.3 Å². The zero-order valence-corrected chi connectivity index (χ0v) is 27.6. The van der Waals surface area contributed by atoms with Gasteiger partial charge in [-0.25, -0.2) is 9.59 Å². The quantitative estimate of drug-likeness (QED) is 0.220. The van der Waals surface area contributed by atoms with Crippen LogP contribution in [0.3, 0.4) is 0 Å². The summed E-state index contributed by atoms with van der Waals surface area (Å²) >= 11 is 5.35. The first-order valence-corrected chi connectivity index (χ1v) is 15.8. The van der Waals surface area contributed by atoms with Crippen LogP contribution >= 0.6 is 12.2 Å². The Bertz CT molecular complexity index is 1790. The van der Waals surface area contributed by atoms with E-state index in [2.05, 4.69) is 0 Å². The Hall–Kier alpha value is -3.47. The summed E-state index contributed by atoms with van der Waals surface area (Å²) < 4.78 is 37.0. The molecule has 6 atom stereocenters. The Morgan fingerprint density at radius 3 is 1.73 bits per heavy atom. The third-order valence-corrected chi connectivity index (χ3v) is 12.9. The lowest BCUT2D eigenvalue weighted by Crippen LogP contribution is -2.57. The smallest absolute Gasteiger partial charge is 0.351 e. The summed E-state index contributed by atoms with van der Waals surface area (Å²) in [6.07, 6.45) is -0.984. The van der Waals surface area contributed by atoms with E-state index >= 15 is 0 Å². The zero-order chi connectivity index (χ0) is 32.8. The van der Waals surface area contributed by atoms with Gasteiger partial charge in [0.2, 0.25) is 11.2 Å². The lowest BCUT2D eigenvalue weighted by atomic mass is 9.66. The molecule has 0 radical (unpaired) electrons. The van der Waals surface area contributed by atoms with Gasteiger partial charge in [0.1, 0.15) is 16.9 Å². The Labute approximate surface area is 266 Å². The molecule has 10 nitrogen and oxygen atoms in total. The molecule has 4 unspecified atom stereocenters. The molecule has 1 aromatic heterocycles. The number of rotatable bonds is 4. The topological polar surface area (TPSA) is 128 Å². The highest BCUT2D eigenvalue weighted by Crippen LogP contribution is 2.67. The van der Waals surface area contributed by atoms with Crippen LogP contribution in [-0.2, 0) is 38.1 Å². The van der Waals surface area contributed by atoms with Gasteiger partial charge in [-0.2, -0.15) is 0 Å². The molecule has 11 heteroatoms. The molecule has 1 aromatic carbocycles. The van der Waals surface area contributed by atoms with Crippen molar-refractivity contribution in [2.75, 3.05) is 0 Å². The van der Waals surface area contributed by atoms with E-state index < -0.39 is 74.5 Å². The molecule has 0 spiro atoms. The Morgan fingerprint density at radius 2 is 1.24 bits per heavy atom. The molecule has 0 amide bonds. The largest absolute Gasteiger partial charge is 0.483 e. The zero-order valence-electron chi connectivity index (χ0n) is 26.8. The lowest BCUT2D eigenvalue weighted by Gasteiger charge is -2.45. The maximum absolute atomic E-state index is 14.4. The number of ether oxygens (including phenoxy) is 5. The SMILES string of the molecule is CC1(C)Oc2ccc3ccc(=S)oc3c2[C@@H](OC(=O)C23CCC(C)(C(=O)O2)C3(C)C)[C@H]1OC(=O)C12CCC(C)(C(=O)O1)C2(C)C. The maximum atomic E-state index is 14.4. The molecule has 7 rings (SSSR count). The second kappa shape index (κ2) is 8.66. The molecular weight excluding hydrogens is 600 g/mol. The average Bonchev–Trinajstić information content (AvgIpc) is 3.42. The molecule has 2 saturated carbocycles. The Kier molecular flexibility index (Phi) is 5.81. The van der Waals surface area contributed by atoms with Crippen LogP contribution in [0.4, 0.5) is 0 Å². The molecule has 4 fully saturated rings. The summed E-state index contributed by atoms with van der Waals surface area (Å²) in [7, 11) is 0. The number of hydrogen-bond acceptors (Lipinski definition) is 11. The van der Waals surface area contributed by atoms with Gasteiger partial charge in [-0.3, -0.25) is 9.59 Å². The van der Waals surface area contributed by atoms with E-state index in [9.17, 15) is 19.2 Å². The van der Waals surface area contributed by atoms with Gasteiger partial charge in [0.05, 0.1) is 16.4 Å². The predicted octanol–water partition coefficient (Wildman–Crippen LogP) is 6.07. The standard InChI is InChI=1S/C34H38O10S/c1-28(2)23(41-27(38)34-16-14-32(8,25(36)44-34)30(34,5)6)22(20-18(42-28)11-9-17-10-12-19(45)39-21(17)20)40-26(37)33-15-13-31(7,24(35)43-33)29(33,3)4/h9-12,22-23H,13-16H2,1-8H3/t22-,23-,31?,32?,33?,34?/m1/s1. The molecule has 4 heterocycles. The monoisotopic (exact) mass is 638 g/mol. The second-order valence-corrected chi connectivity index (χ2v) is 15.8. The molecule has 2 aliphatic carbocycles. The van der Waals surface area contributed by atoms with Crippen molar-refractivity contribution in [1.82, 2.24) is 0 Å². The molecule has 0 N–H and O–H groups in total. The van der Waals surface area contributed by atoms with E-state index in [0.717, 1.165) is 0 Å². The van der Waals surface area contributed by atoms with Crippen molar-refractivity contribution in [2.24, 2.45) is 21.7 Å². The lowest BCUT2D eigenvalue weighted by molar-refractivity contribution is -0.217. The molecule has 2 saturated heterocycles. The molecular formula is C34H38O10S. The van der Waals surface area contributed by atoms with E-state index in [1.165, 1.54) is 0 Å². The van der Waals surface area contributed by atoms with Crippen LogP contribution in [0.1, 0.15) is 92.7 Å². The van der Waals surface area contributed by atoms with Crippen molar-refractivity contribution >= 4 is 47.1 Å². The summed E-state index contributed by atoms with van der Waals surface area (Å²) in [6.45, 7) is 14.4. The first kappa shape index (κ1) is 30.2. The number of fused-ring (bicyclic) bond motifs is 7. The first-order chi connectivity index (χ1) is 20.8. The minimum absolute atomic E-state index is 0.194. The van der Waals surface area contributed by atoms with Crippen LogP contribution in [0, 0.1) is 26.4 Å². The van der Waals surface area contributed by atoms with Crippen molar-refractivity contribution < 1.29 is 47.3 Å². The van der Waals surface area contributed by atoms with E-state index in [1.807, 2.05) is 41.5 Å². The summed E-state index contributed by atoms with van der Waals surface area (Å²) in [6, 6.07) is 6.96. The van der Waals surface area contributed by atoms with Gasteiger partial charge in [0.15, 0.2) is 16.9 Å². The number of esters is 4. The minimum atomic E-state index is -1.55. The maximum Gasteiger partial charge on any atom is 0.351 e. The third-order valence-electron chi connectivity index (χ3n) is 12.7. The summed E-state index contributed by atoms with van der Waals surface area (Å²) in [5, 5.41) is 0.659. The molecule has 45 heavy (non-hydrogen) atoms. The van der Waals surface area contributed by atoms with E-state index in [-0.39, 0.29) is 11.1 Å². The highest BCUT2D eigenvalue weighted by Gasteiger charge is 2.78. The summed E-state index contributed by atoms with van der Waals surface area (Å²) in [5.41, 5.74) is -7.14. The fraction of sp³-hybridized carbons (Fsp3) is 0.618. The fourth-order valence-corrected chi connectivity index (χ4v) is 8.65. The highest BCUT2D eigenvalue weighted by atomic mass is 32.1. The fourth-order valence-electron chi connectivity index (χ4n) is 8.50. The second-order valence-electron chi connectivity index (χ2n) is 15.4. The van der Waals surface area contributed by atoms with Crippen molar-refractivity contribution in [1.29, 1.82) is 0 Å². The number of hydrogen-bond donors (Lipinski definition) is 0. The van der Waals surface area contributed by atoms with E-state index in [0.29, 0.717) is 41.5 Å². The van der Waals surface area contributed by atoms with Crippen LogP contribution in [0.25, 0.3) is 11.0 Å². The Balaban J connectivity index is 1.36. The molecule has 5 aliphatic rings. The van der Waals surface area contributed by atoms with Crippen LogP contribution in [0.5, 0.6) is 5.75 Å². The van der Waals surface area contributed by atoms with Crippen LogP contribution < -0.4 is 4.74 Å². The van der Waals surface area contributed by atoms with Crippen LogP contribution in [0.15, 0.2) is 28.7 Å². The molecule has 240 valence electrons. The molecule has 3 aliphatic heterocycles. The summed E-state index contributed by atoms with van der Waals surface area (Å²) in [5.74, 6) is -2.02. The van der Waals surface area contributed by atoms with Gasteiger partial charge in [-0.1, -0.05) is 27.7 Å². The van der Waals surface area contributed by atoms with Gasteiger partial charge < -0.3 is 28.1 Å². The molecule has 4 bridgehead atoms. The number of carbonyl (C=O) groups excluding carboxylic acids is 4. The van der Waals surface area contributed by atoms with E-state index in [1.54, 1.807) is 38.1 Å². The van der Waals surface area contributed by atoms with Gasteiger partial charge in [-0.05, 0) is 89.9 Å². The van der Waals surface area contributed by atoms with Gasteiger partial charge in [0.25, 0.3) is 0 Å². The van der Waals surface area contributed by atoms with Gasteiger partial charge in [0, 0.05) is 16.2 Å². The first-order valence-electron chi connectivity index (χ1n) is 15.4. The predicted molar refractivity (Wildman–Crippen MR) is 160 cm³/mol. The van der Waals surface area contributed by atoms with Crippen molar-refractivity contribution in [3.63, 3.8) is 0 Å². The van der Waals surface area contributed by atoms with Gasteiger partial charge >= 0.3 is 23.9 Å².